The Kier molecular flexibility index (Phi) is 8.29. The minimum absolute atomic E-state index is 0.559. The lowest BCUT2D eigenvalue weighted by Gasteiger charge is -2.35. The Labute approximate surface area is 180 Å². The van der Waals surface area contributed by atoms with Crippen molar-refractivity contribution in [3.05, 3.63) is 6.07 Å². The van der Waals surface area contributed by atoms with Crippen molar-refractivity contribution in [3.63, 3.8) is 0 Å². The summed E-state index contributed by atoms with van der Waals surface area (Å²) in [5.74, 6) is 3.97. The number of thiocarbonyl (C=S) groups is 1. The van der Waals surface area contributed by atoms with Gasteiger partial charge in [-0.25, -0.2) is 0 Å². The van der Waals surface area contributed by atoms with Gasteiger partial charge >= 0.3 is 0 Å². The molecule has 7 nitrogen and oxygen atoms in total. The summed E-state index contributed by atoms with van der Waals surface area (Å²) in [6.45, 7) is 10.3. The molecule has 8 heteroatoms. The average molecular weight is 421 g/mol. The maximum absolute atomic E-state index is 5.45. The molecule has 2 saturated heterocycles. The van der Waals surface area contributed by atoms with Gasteiger partial charge in [0.15, 0.2) is 5.11 Å². The van der Waals surface area contributed by atoms with Crippen molar-refractivity contribution in [2.45, 2.75) is 46.0 Å². The van der Waals surface area contributed by atoms with Gasteiger partial charge in [-0.15, -0.1) is 0 Å². The van der Waals surface area contributed by atoms with E-state index < -0.39 is 0 Å². The van der Waals surface area contributed by atoms with Crippen LogP contribution in [0.25, 0.3) is 0 Å². The van der Waals surface area contributed by atoms with Crippen LogP contribution < -0.4 is 20.4 Å². The number of rotatable bonds is 7. The van der Waals surface area contributed by atoms with Gasteiger partial charge in [0, 0.05) is 52.5 Å². The van der Waals surface area contributed by atoms with Crippen LogP contribution in [0.5, 0.6) is 0 Å². The summed E-state index contributed by atoms with van der Waals surface area (Å²) in [5, 5.41) is 6.97. The molecule has 0 unspecified atom stereocenters. The average Bonchev–Trinajstić information content (AvgIpc) is 2.71. The molecule has 0 radical (unpaired) electrons. The van der Waals surface area contributed by atoms with Crippen molar-refractivity contribution in [1.82, 2.24) is 15.3 Å². The van der Waals surface area contributed by atoms with E-state index in [0.717, 1.165) is 50.8 Å². The van der Waals surface area contributed by atoms with E-state index in [0.29, 0.717) is 29.5 Å². The summed E-state index contributed by atoms with van der Waals surface area (Å²) in [6, 6.07) is 2.16. The molecule has 0 aromatic carbocycles. The van der Waals surface area contributed by atoms with Crippen molar-refractivity contribution >= 4 is 34.9 Å². The van der Waals surface area contributed by atoms with Gasteiger partial charge in [-0.3, -0.25) is 0 Å². The van der Waals surface area contributed by atoms with Crippen LogP contribution >= 0.6 is 12.2 Å². The minimum Gasteiger partial charge on any atom is -0.385 e. The molecular formula is C21H36N6OS. The summed E-state index contributed by atoms with van der Waals surface area (Å²) in [7, 11) is 1.71. The Bertz CT molecular complexity index is 632. The first-order chi connectivity index (χ1) is 14.0. The number of piperidine rings is 2. The van der Waals surface area contributed by atoms with Gasteiger partial charge in [0.25, 0.3) is 0 Å². The van der Waals surface area contributed by atoms with Crippen LogP contribution in [0.3, 0.4) is 0 Å². The quantitative estimate of drug-likeness (QED) is 0.515. The number of ether oxygens (including phenoxy) is 1. The normalized spacial score (nSPS) is 22.4. The zero-order valence-electron chi connectivity index (χ0n) is 18.1. The maximum atomic E-state index is 5.45. The first kappa shape index (κ1) is 22.0. The Hall–Kier alpha value is -1.67. The van der Waals surface area contributed by atoms with Gasteiger partial charge in [-0.05, 0) is 56.2 Å². The zero-order valence-corrected chi connectivity index (χ0v) is 18.9. The molecule has 0 bridgehead atoms. The van der Waals surface area contributed by atoms with Crippen LogP contribution in [0.15, 0.2) is 6.07 Å². The van der Waals surface area contributed by atoms with Crippen molar-refractivity contribution in [2.24, 2.45) is 11.8 Å². The topological polar surface area (TPSA) is 65.6 Å². The molecule has 1 aromatic rings. The van der Waals surface area contributed by atoms with E-state index in [-0.39, 0.29) is 0 Å². The van der Waals surface area contributed by atoms with Crippen LogP contribution in [0.2, 0.25) is 0 Å². The number of anilines is 3. The predicted octanol–water partition coefficient (Wildman–Crippen LogP) is 3.27. The number of aromatic nitrogens is 2. The minimum atomic E-state index is 0.559. The summed E-state index contributed by atoms with van der Waals surface area (Å²) in [5.41, 5.74) is 0. The van der Waals surface area contributed by atoms with Gasteiger partial charge < -0.3 is 25.2 Å². The second-order valence-electron chi connectivity index (χ2n) is 8.52. The number of hydrogen-bond donors (Lipinski definition) is 2. The third-order valence-electron chi connectivity index (χ3n) is 5.70. The molecule has 2 N–H and O–H groups in total. The number of hydrogen-bond acceptors (Lipinski definition) is 6. The van der Waals surface area contributed by atoms with Crippen molar-refractivity contribution in [1.29, 1.82) is 0 Å². The molecule has 2 aliphatic rings. The maximum Gasteiger partial charge on any atom is 0.232 e. The van der Waals surface area contributed by atoms with E-state index in [1.54, 1.807) is 7.11 Å². The number of nitrogens with zero attached hydrogens (tertiary/aromatic N) is 4. The van der Waals surface area contributed by atoms with Crippen LogP contribution in [-0.2, 0) is 4.74 Å². The third kappa shape index (κ3) is 6.67. The third-order valence-corrected chi connectivity index (χ3v) is 5.94. The van der Waals surface area contributed by atoms with E-state index in [9.17, 15) is 0 Å². The fourth-order valence-electron chi connectivity index (χ4n) is 4.16. The fourth-order valence-corrected chi connectivity index (χ4v) is 4.35. The number of nitrogens with one attached hydrogen (secondary N) is 2. The highest BCUT2D eigenvalue weighted by Crippen LogP contribution is 2.28. The van der Waals surface area contributed by atoms with E-state index in [1.165, 1.54) is 25.7 Å². The first-order valence-corrected chi connectivity index (χ1v) is 11.4. The molecule has 2 aliphatic heterocycles. The molecule has 1 aromatic heterocycles. The molecule has 2 atom stereocenters. The summed E-state index contributed by atoms with van der Waals surface area (Å²) >= 11 is 5.45. The molecule has 3 rings (SSSR count). The van der Waals surface area contributed by atoms with Gasteiger partial charge in [-0.2, -0.15) is 9.97 Å². The fraction of sp³-hybridized carbons (Fsp3) is 0.762. The van der Waals surface area contributed by atoms with Gasteiger partial charge in [0.05, 0.1) is 0 Å². The highest BCUT2D eigenvalue weighted by atomic mass is 32.1. The highest BCUT2D eigenvalue weighted by Gasteiger charge is 2.23. The SMILES string of the molecule is COCCCNC(=S)Nc1nc(N2CCC[C@H](C)C2)cc(N2CCC[C@H](C)C2)n1. The Morgan fingerprint density at radius 2 is 1.69 bits per heavy atom. The first-order valence-electron chi connectivity index (χ1n) is 11.0. The van der Waals surface area contributed by atoms with Gasteiger partial charge in [0.2, 0.25) is 5.95 Å². The summed E-state index contributed by atoms with van der Waals surface area (Å²) < 4.78 is 5.09. The molecule has 162 valence electrons. The molecule has 2 fully saturated rings. The Balaban J connectivity index is 1.75. The van der Waals surface area contributed by atoms with E-state index in [2.05, 4.69) is 40.3 Å². The second kappa shape index (κ2) is 10.9. The van der Waals surface area contributed by atoms with Crippen LogP contribution in [0.1, 0.15) is 46.0 Å². The molecule has 0 spiro atoms. The monoisotopic (exact) mass is 420 g/mol. The van der Waals surface area contributed by atoms with Crippen LogP contribution in [0.4, 0.5) is 17.6 Å². The number of methoxy groups -OCH3 is 1. The highest BCUT2D eigenvalue weighted by molar-refractivity contribution is 7.80. The molecule has 0 aliphatic carbocycles. The summed E-state index contributed by atoms with van der Waals surface area (Å²) in [4.78, 5) is 14.4. The van der Waals surface area contributed by atoms with E-state index in [4.69, 9.17) is 26.9 Å². The standard InChI is InChI=1S/C21H36N6OS/c1-16-7-4-10-26(14-16)18-13-19(27-11-5-8-17(2)15-27)24-20(23-18)25-21(29)22-9-6-12-28-3/h13,16-17H,4-12,14-15H2,1-3H3,(H2,22,23,24,25,29)/t16-,17-/m0/s1. The summed E-state index contributed by atoms with van der Waals surface area (Å²) in [6.07, 6.45) is 5.91. The van der Waals surface area contributed by atoms with E-state index >= 15 is 0 Å². The molecule has 0 saturated carbocycles. The van der Waals surface area contributed by atoms with Crippen molar-refractivity contribution in [3.8, 4) is 0 Å². The van der Waals surface area contributed by atoms with Gasteiger partial charge in [-0.1, -0.05) is 13.8 Å². The second-order valence-corrected chi connectivity index (χ2v) is 8.93. The lowest BCUT2D eigenvalue weighted by molar-refractivity contribution is 0.196. The largest absolute Gasteiger partial charge is 0.385 e. The molecular weight excluding hydrogens is 384 g/mol. The zero-order chi connectivity index (χ0) is 20.6. The Morgan fingerprint density at radius 3 is 2.21 bits per heavy atom. The van der Waals surface area contributed by atoms with Gasteiger partial charge in [0.1, 0.15) is 11.6 Å². The molecule has 3 heterocycles. The lowest BCUT2D eigenvalue weighted by atomic mass is 10.00. The smallest absolute Gasteiger partial charge is 0.232 e. The van der Waals surface area contributed by atoms with E-state index in [1.807, 2.05) is 0 Å². The molecule has 29 heavy (non-hydrogen) atoms. The van der Waals surface area contributed by atoms with Crippen molar-refractivity contribution < 1.29 is 4.74 Å². The lowest BCUT2D eigenvalue weighted by Crippen LogP contribution is -2.37. The van der Waals surface area contributed by atoms with Crippen LogP contribution in [0, 0.1) is 11.8 Å². The Morgan fingerprint density at radius 1 is 1.10 bits per heavy atom. The van der Waals surface area contributed by atoms with Crippen molar-refractivity contribution in [2.75, 3.05) is 61.6 Å². The molecule has 0 amide bonds. The van der Waals surface area contributed by atoms with Crippen LogP contribution in [-0.4, -0.2) is 61.5 Å². The predicted molar refractivity (Wildman–Crippen MR) is 124 cm³/mol.